The average Bonchev–Trinajstić information content (AvgIpc) is 2.80. The Morgan fingerprint density at radius 2 is 1.24 bits per heavy atom. The summed E-state index contributed by atoms with van der Waals surface area (Å²) < 4.78 is 9.23. The number of aldehydes is 1. The first-order valence-electron chi connectivity index (χ1n) is 10.9. The molecule has 0 spiro atoms. The van der Waals surface area contributed by atoms with Gasteiger partial charge < -0.3 is 19.4 Å². The summed E-state index contributed by atoms with van der Waals surface area (Å²) in [5.41, 5.74) is 4.29. The van der Waals surface area contributed by atoms with Crippen LogP contribution in [0.3, 0.4) is 0 Å². The van der Waals surface area contributed by atoms with Crippen LogP contribution in [0.1, 0.15) is 55.4 Å². The molecule has 182 valence electrons. The van der Waals surface area contributed by atoms with Gasteiger partial charge in [0.15, 0.2) is 0 Å². The monoisotopic (exact) mass is 458 g/mol. The van der Waals surface area contributed by atoms with E-state index in [-0.39, 0.29) is 26.0 Å². The Hall–Kier alpha value is -2.99. The number of carbonyl (C=O) groups excluding carboxylic acids is 3. The molecule has 33 heavy (non-hydrogen) atoms. The molecule has 0 aliphatic heterocycles. The molecule has 0 aromatic heterocycles. The molecule has 6 heteroatoms. The molecular weight excluding hydrogens is 420 g/mol. The third-order valence-electron chi connectivity index (χ3n) is 4.80. The number of benzene rings is 2. The molecule has 0 heterocycles. The summed E-state index contributed by atoms with van der Waals surface area (Å²) in [6.45, 7) is 0.238. The molecule has 0 radical (unpaired) electrons. The summed E-state index contributed by atoms with van der Waals surface area (Å²) in [6, 6.07) is 15.8. The number of esters is 2. The van der Waals surface area contributed by atoms with Gasteiger partial charge in [-0.1, -0.05) is 56.0 Å². The predicted molar refractivity (Wildman–Crippen MR) is 130 cm³/mol. The van der Waals surface area contributed by atoms with Crippen molar-refractivity contribution < 1.29 is 29.0 Å². The molecule has 0 bridgehead atoms. The van der Waals surface area contributed by atoms with E-state index >= 15 is 0 Å². The predicted octanol–water partition coefficient (Wildman–Crippen LogP) is 4.28. The number of hydrogen-bond acceptors (Lipinski definition) is 6. The Morgan fingerprint density at radius 1 is 0.788 bits per heavy atom. The first-order chi connectivity index (χ1) is 15.5. The van der Waals surface area contributed by atoms with Crippen LogP contribution in [0.4, 0.5) is 0 Å². The van der Waals surface area contributed by atoms with Gasteiger partial charge in [-0.25, -0.2) is 0 Å². The van der Waals surface area contributed by atoms with Gasteiger partial charge in [0.05, 0.1) is 27.1 Å². The Labute approximate surface area is 197 Å². The van der Waals surface area contributed by atoms with Crippen molar-refractivity contribution in [1.82, 2.24) is 0 Å². The van der Waals surface area contributed by atoms with Crippen molar-refractivity contribution in [2.75, 3.05) is 20.8 Å². The summed E-state index contributed by atoms with van der Waals surface area (Å²) in [5.74, 6) is -0.447. The van der Waals surface area contributed by atoms with E-state index in [0.29, 0.717) is 19.3 Å². The van der Waals surface area contributed by atoms with E-state index < -0.39 is 0 Å². The standard InChI is InChI=1S/C13H18O3.C13H16O3.CH4/c2*1-16-13(15)10-12-7-4-6-11(9-12)5-2-3-8-14;/h4,6-7,9,14H,2-3,5,8,10H2,1H3;4,6-9H,2-3,5,10H2,1H3;1H4. The maximum Gasteiger partial charge on any atom is 0.309 e. The molecular formula is C27H38O6. The van der Waals surface area contributed by atoms with E-state index in [9.17, 15) is 14.4 Å². The van der Waals surface area contributed by atoms with Crippen LogP contribution in [0.25, 0.3) is 0 Å². The largest absolute Gasteiger partial charge is 0.469 e. The number of methoxy groups -OCH3 is 2. The molecule has 0 aliphatic carbocycles. The fraction of sp³-hybridized carbons (Fsp3) is 0.444. The first kappa shape index (κ1) is 30.0. The Kier molecular flexibility index (Phi) is 16.9. The van der Waals surface area contributed by atoms with Crippen LogP contribution >= 0.6 is 0 Å². The number of unbranched alkanes of at least 4 members (excludes halogenated alkanes) is 2. The van der Waals surface area contributed by atoms with Gasteiger partial charge in [0.2, 0.25) is 0 Å². The smallest absolute Gasteiger partial charge is 0.309 e. The van der Waals surface area contributed by atoms with Gasteiger partial charge in [0.25, 0.3) is 0 Å². The summed E-state index contributed by atoms with van der Waals surface area (Å²) >= 11 is 0. The lowest BCUT2D eigenvalue weighted by molar-refractivity contribution is -0.140. The minimum Gasteiger partial charge on any atom is -0.469 e. The highest BCUT2D eigenvalue weighted by Gasteiger charge is 2.04. The van der Waals surface area contributed by atoms with Gasteiger partial charge in [0, 0.05) is 13.0 Å². The summed E-state index contributed by atoms with van der Waals surface area (Å²) in [5, 5.41) is 8.69. The lowest BCUT2D eigenvalue weighted by Gasteiger charge is -2.04. The van der Waals surface area contributed by atoms with Crippen LogP contribution in [0.5, 0.6) is 0 Å². The lowest BCUT2D eigenvalue weighted by Crippen LogP contribution is -2.04. The molecule has 2 rings (SSSR count). The van der Waals surface area contributed by atoms with Gasteiger partial charge in [-0.15, -0.1) is 0 Å². The van der Waals surface area contributed by atoms with Crippen LogP contribution in [0, 0.1) is 0 Å². The topological polar surface area (TPSA) is 89.9 Å². The van der Waals surface area contributed by atoms with Crippen molar-refractivity contribution >= 4 is 18.2 Å². The summed E-state index contributed by atoms with van der Waals surface area (Å²) in [7, 11) is 2.78. The van der Waals surface area contributed by atoms with Crippen LogP contribution in [0.2, 0.25) is 0 Å². The second kappa shape index (κ2) is 18.6. The molecule has 2 aromatic carbocycles. The second-order valence-corrected chi connectivity index (χ2v) is 7.39. The van der Waals surface area contributed by atoms with Crippen molar-refractivity contribution in [3.05, 3.63) is 70.8 Å². The van der Waals surface area contributed by atoms with E-state index in [1.807, 2.05) is 48.5 Å². The van der Waals surface area contributed by atoms with E-state index in [4.69, 9.17) is 5.11 Å². The Morgan fingerprint density at radius 3 is 1.67 bits per heavy atom. The summed E-state index contributed by atoms with van der Waals surface area (Å²) in [6.07, 6.45) is 6.59. The SMILES string of the molecule is C.COC(=O)Cc1cccc(CCCC=O)c1.COC(=O)Cc1cccc(CCCCO)c1. The maximum atomic E-state index is 11.1. The number of rotatable bonds is 12. The number of ether oxygens (including phenoxy) is 2. The van der Waals surface area contributed by atoms with E-state index in [0.717, 1.165) is 55.1 Å². The molecule has 0 unspecified atom stereocenters. The van der Waals surface area contributed by atoms with E-state index in [1.165, 1.54) is 19.8 Å². The van der Waals surface area contributed by atoms with Gasteiger partial charge in [-0.05, 0) is 54.4 Å². The zero-order chi connectivity index (χ0) is 23.6. The van der Waals surface area contributed by atoms with Gasteiger partial charge in [-0.3, -0.25) is 9.59 Å². The highest BCUT2D eigenvalue weighted by Crippen LogP contribution is 2.10. The van der Waals surface area contributed by atoms with E-state index in [1.54, 1.807) is 0 Å². The highest BCUT2D eigenvalue weighted by molar-refractivity contribution is 5.72. The first-order valence-corrected chi connectivity index (χ1v) is 10.9. The van der Waals surface area contributed by atoms with Crippen molar-refractivity contribution in [2.45, 2.75) is 58.8 Å². The quantitative estimate of drug-likeness (QED) is 0.290. The minimum atomic E-state index is -0.231. The number of aliphatic hydroxyl groups is 1. The Bertz CT molecular complexity index is 831. The molecule has 1 N–H and O–H groups in total. The molecule has 2 aromatic rings. The fourth-order valence-electron chi connectivity index (χ4n) is 3.10. The van der Waals surface area contributed by atoms with Gasteiger partial charge in [0.1, 0.15) is 6.29 Å². The van der Waals surface area contributed by atoms with Crippen LogP contribution in [-0.4, -0.2) is 44.2 Å². The van der Waals surface area contributed by atoms with Crippen LogP contribution in [0.15, 0.2) is 48.5 Å². The van der Waals surface area contributed by atoms with Crippen molar-refractivity contribution in [3.63, 3.8) is 0 Å². The third kappa shape index (κ3) is 13.9. The number of hydrogen-bond donors (Lipinski definition) is 1. The molecule has 0 saturated heterocycles. The molecule has 0 fully saturated rings. The highest BCUT2D eigenvalue weighted by atomic mass is 16.5. The fourth-order valence-corrected chi connectivity index (χ4v) is 3.10. The molecule has 6 nitrogen and oxygen atoms in total. The average molecular weight is 459 g/mol. The second-order valence-electron chi connectivity index (χ2n) is 7.39. The molecule has 0 atom stereocenters. The lowest BCUT2D eigenvalue weighted by atomic mass is 10.0. The van der Waals surface area contributed by atoms with Gasteiger partial charge in [-0.2, -0.15) is 0 Å². The van der Waals surface area contributed by atoms with E-state index in [2.05, 4.69) is 9.47 Å². The molecule has 0 amide bonds. The Balaban J connectivity index is 0.000000602. The number of aliphatic hydroxyl groups excluding tert-OH is 1. The van der Waals surface area contributed by atoms with Gasteiger partial charge >= 0.3 is 11.9 Å². The zero-order valence-corrected chi connectivity index (χ0v) is 19.0. The van der Waals surface area contributed by atoms with Crippen LogP contribution < -0.4 is 0 Å². The minimum absolute atomic E-state index is 0. The number of aryl methyl sites for hydroxylation is 2. The third-order valence-corrected chi connectivity index (χ3v) is 4.80. The maximum absolute atomic E-state index is 11.1. The van der Waals surface area contributed by atoms with Crippen molar-refractivity contribution in [2.24, 2.45) is 0 Å². The van der Waals surface area contributed by atoms with Crippen molar-refractivity contribution in [1.29, 1.82) is 0 Å². The summed E-state index contributed by atoms with van der Waals surface area (Å²) in [4.78, 5) is 32.4. The van der Waals surface area contributed by atoms with Crippen LogP contribution in [-0.2, 0) is 49.5 Å². The molecule has 0 aliphatic rings. The zero-order valence-electron chi connectivity index (χ0n) is 19.0. The normalized spacial score (nSPS) is 9.67. The van der Waals surface area contributed by atoms with Crippen molar-refractivity contribution in [3.8, 4) is 0 Å². The number of carbonyl (C=O) groups is 3. The molecule has 0 saturated carbocycles.